The van der Waals surface area contributed by atoms with Crippen molar-refractivity contribution in [3.63, 3.8) is 0 Å². The number of nitrogens with zero attached hydrogens (tertiary/aromatic N) is 1. The number of amides is 2. The molecule has 1 aliphatic carbocycles. The van der Waals surface area contributed by atoms with Crippen molar-refractivity contribution in [3.8, 4) is 0 Å². The first-order valence-corrected chi connectivity index (χ1v) is 14.6. The van der Waals surface area contributed by atoms with E-state index in [0.717, 1.165) is 19.5 Å². The zero-order valence-electron chi connectivity index (χ0n) is 19.5. The Morgan fingerprint density at radius 3 is 2.40 bits per heavy atom. The van der Waals surface area contributed by atoms with Gasteiger partial charge >= 0.3 is 6.03 Å². The number of carbonyl (C=O) groups is 1. The lowest BCUT2D eigenvalue weighted by Crippen LogP contribution is -2.53. The summed E-state index contributed by atoms with van der Waals surface area (Å²) in [5.74, 6) is 0.665. The summed E-state index contributed by atoms with van der Waals surface area (Å²) in [5, 5.41) is 5.48. The summed E-state index contributed by atoms with van der Waals surface area (Å²) in [4.78, 5) is 12.7. The topological polar surface area (TPSA) is 53.6 Å². The van der Waals surface area contributed by atoms with Crippen LogP contribution in [0.4, 0.5) is 4.79 Å². The number of nitrogens with one attached hydrogen (secondary N) is 2. The van der Waals surface area contributed by atoms with Gasteiger partial charge in [0.15, 0.2) is 8.32 Å². The summed E-state index contributed by atoms with van der Waals surface area (Å²) in [6, 6.07) is 10.3. The van der Waals surface area contributed by atoms with E-state index in [2.05, 4.69) is 73.9 Å². The van der Waals surface area contributed by atoms with E-state index in [0.29, 0.717) is 5.92 Å². The van der Waals surface area contributed by atoms with Crippen LogP contribution in [0.2, 0.25) is 18.1 Å². The molecule has 168 valence electrons. The van der Waals surface area contributed by atoms with Crippen LogP contribution >= 0.6 is 0 Å². The Balaban J connectivity index is 1.79. The van der Waals surface area contributed by atoms with Crippen molar-refractivity contribution in [3.05, 3.63) is 35.9 Å². The van der Waals surface area contributed by atoms with Crippen LogP contribution in [0.15, 0.2) is 30.3 Å². The first-order chi connectivity index (χ1) is 14.1. The van der Waals surface area contributed by atoms with Crippen molar-refractivity contribution in [1.82, 2.24) is 15.8 Å². The molecule has 1 saturated carbocycles. The molecule has 2 N–H and O–H groups in total. The van der Waals surface area contributed by atoms with Gasteiger partial charge in [-0.15, -0.1) is 0 Å². The van der Waals surface area contributed by atoms with Crippen molar-refractivity contribution < 1.29 is 9.22 Å². The number of hydrazine groups is 1. The van der Waals surface area contributed by atoms with E-state index >= 15 is 0 Å². The average molecular weight is 432 g/mol. The molecule has 5 nitrogen and oxygen atoms in total. The number of rotatable bonds is 6. The van der Waals surface area contributed by atoms with Gasteiger partial charge in [0.2, 0.25) is 0 Å². The SMILES string of the molecule is CC(C)(C)[Si](C)(C)O[C@@H]1CN(CC2CCCCC2)NC(=O)N[C@@H]1Cc1ccccc1. The summed E-state index contributed by atoms with van der Waals surface area (Å²) < 4.78 is 6.92. The Labute approximate surface area is 184 Å². The maximum Gasteiger partial charge on any atom is 0.329 e. The Morgan fingerprint density at radius 2 is 1.77 bits per heavy atom. The predicted octanol–water partition coefficient (Wildman–Crippen LogP) is 5.10. The van der Waals surface area contributed by atoms with E-state index in [-0.39, 0.29) is 23.2 Å². The second kappa shape index (κ2) is 9.84. The fraction of sp³-hybridized carbons (Fsp3) is 0.708. The number of carbonyl (C=O) groups excluding carboxylic acids is 1. The quantitative estimate of drug-likeness (QED) is 0.616. The number of hydrogen-bond acceptors (Lipinski definition) is 3. The van der Waals surface area contributed by atoms with Gasteiger partial charge in [0.05, 0.1) is 12.1 Å². The van der Waals surface area contributed by atoms with Crippen LogP contribution in [0, 0.1) is 5.92 Å². The molecular formula is C24H41N3O2Si. The smallest absolute Gasteiger partial charge is 0.329 e. The van der Waals surface area contributed by atoms with Crippen LogP contribution in [0.25, 0.3) is 0 Å². The maximum atomic E-state index is 12.7. The van der Waals surface area contributed by atoms with Gasteiger partial charge in [-0.1, -0.05) is 70.4 Å². The highest BCUT2D eigenvalue weighted by molar-refractivity contribution is 6.74. The molecule has 1 aromatic carbocycles. The van der Waals surface area contributed by atoms with Gasteiger partial charge < -0.3 is 9.74 Å². The van der Waals surface area contributed by atoms with Crippen molar-refractivity contribution in [1.29, 1.82) is 0 Å². The highest BCUT2D eigenvalue weighted by Gasteiger charge is 2.42. The molecule has 0 spiro atoms. The molecule has 0 aromatic heterocycles. The van der Waals surface area contributed by atoms with Crippen molar-refractivity contribution in [2.24, 2.45) is 5.92 Å². The lowest BCUT2D eigenvalue weighted by Gasteiger charge is -2.41. The molecule has 0 unspecified atom stereocenters. The van der Waals surface area contributed by atoms with E-state index in [1.807, 2.05) is 6.07 Å². The van der Waals surface area contributed by atoms with Crippen LogP contribution in [0.1, 0.15) is 58.4 Å². The standard InChI is InChI=1S/C24H41N3O2Si/c1-24(2,3)30(4,5)29-22-18-27(17-20-14-10-7-11-15-20)26-23(28)25-21(22)16-19-12-8-6-9-13-19/h6,8-9,12-13,20-22H,7,10-11,14-18H2,1-5H3,(H2,25,26,28)/t21-,22-/m1/s1. The van der Waals surface area contributed by atoms with Crippen molar-refractivity contribution in [2.45, 2.75) is 89.6 Å². The van der Waals surface area contributed by atoms with E-state index in [4.69, 9.17) is 4.43 Å². The van der Waals surface area contributed by atoms with Crippen LogP contribution in [0.5, 0.6) is 0 Å². The molecule has 30 heavy (non-hydrogen) atoms. The molecule has 2 fully saturated rings. The molecule has 2 atom stereocenters. The highest BCUT2D eigenvalue weighted by atomic mass is 28.4. The fourth-order valence-electron chi connectivity index (χ4n) is 4.35. The van der Waals surface area contributed by atoms with Gasteiger partial charge in [0.1, 0.15) is 0 Å². The Kier molecular flexibility index (Phi) is 7.64. The highest BCUT2D eigenvalue weighted by Crippen LogP contribution is 2.38. The average Bonchev–Trinajstić information content (AvgIpc) is 2.80. The summed E-state index contributed by atoms with van der Waals surface area (Å²) in [6.07, 6.45) is 7.25. The van der Waals surface area contributed by atoms with Crippen LogP contribution in [0.3, 0.4) is 0 Å². The van der Waals surface area contributed by atoms with Crippen LogP contribution < -0.4 is 10.7 Å². The second-order valence-electron chi connectivity index (χ2n) is 10.7. The van der Waals surface area contributed by atoms with Crippen molar-refractivity contribution in [2.75, 3.05) is 13.1 Å². The molecule has 0 radical (unpaired) electrons. The van der Waals surface area contributed by atoms with Crippen molar-refractivity contribution >= 4 is 14.3 Å². The minimum Gasteiger partial charge on any atom is -0.410 e. The molecule has 1 aliphatic heterocycles. The normalized spacial score (nSPS) is 24.8. The largest absolute Gasteiger partial charge is 0.410 e. The van der Waals surface area contributed by atoms with Gasteiger partial charge in [0, 0.05) is 13.1 Å². The molecule has 0 bridgehead atoms. The number of hydrogen-bond donors (Lipinski definition) is 2. The number of benzene rings is 1. The molecular weight excluding hydrogens is 390 g/mol. The third-order valence-corrected chi connectivity index (χ3v) is 11.7. The first kappa shape index (κ1) is 23.3. The van der Waals surface area contributed by atoms with E-state index in [9.17, 15) is 4.79 Å². The maximum absolute atomic E-state index is 12.7. The minimum atomic E-state index is -1.98. The molecule has 1 heterocycles. The van der Waals surface area contributed by atoms with E-state index in [1.165, 1.54) is 37.7 Å². The molecule has 6 heteroatoms. The third-order valence-electron chi connectivity index (χ3n) is 7.18. The predicted molar refractivity (Wildman–Crippen MR) is 126 cm³/mol. The fourth-order valence-corrected chi connectivity index (χ4v) is 5.70. The second-order valence-corrected chi connectivity index (χ2v) is 15.5. The monoisotopic (exact) mass is 431 g/mol. The third kappa shape index (κ3) is 6.31. The Morgan fingerprint density at radius 1 is 1.10 bits per heavy atom. The molecule has 1 aromatic rings. The molecule has 2 amide bonds. The number of urea groups is 1. The van der Waals surface area contributed by atoms with E-state index < -0.39 is 8.32 Å². The van der Waals surface area contributed by atoms with Gasteiger partial charge in [0.25, 0.3) is 0 Å². The molecule has 1 saturated heterocycles. The van der Waals surface area contributed by atoms with Gasteiger partial charge in [-0.3, -0.25) is 5.43 Å². The summed E-state index contributed by atoms with van der Waals surface area (Å²) in [7, 11) is -1.98. The summed E-state index contributed by atoms with van der Waals surface area (Å²) >= 11 is 0. The summed E-state index contributed by atoms with van der Waals surface area (Å²) in [6.45, 7) is 13.1. The van der Waals surface area contributed by atoms with Gasteiger partial charge in [-0.05, 0) is 48.9 Å². The Hall–Kier alpha value is -1.37. The lowest BCUT2D eigenvalue weighted by atomic mass is 9.89. The zero-order valence-corrected chi connectivity index (χ0v) is 20.5. The lowest BCUT2D eigenvalue weighted by molar-refractivity contribution is 0.0779. The Bertz CT molecular complexity index is 683. The van der Waals surface area contributed by atoms with Crippen LogP contribution in [-0.4, -0.2) is 44.6 Å². The van der Waals surface area contributed by atoms with Gasteiger partial charge in [-0.2, -0.15) is 0 Å². The first-order valence-electron chi connectivity index (χ1n) is 11.7. The van der Waals surface area contributed by atoms with Gasteiger partial charge in [-0.25, -0.2) is 9.80 Å². The minimum absolute atomic E-state index is 0.0337. The summed E-state index contributed by atoms with van der Waals surface area (Å²) in [5.41, 5.74) is 4.34. The zero-order chi connectivity index (χ0) is 21.8. The molecule has 3 rings (SSSR count). The molecule has 2 aliphatic rings. The van der Waals surface area contributed by atoms with Crippen LogP contribution in [-0.2, 0) is 10.8 Å². The van der Waals surface area contributed by atoms with E-state index in [1.54, 1.807) is 0 Å².